The molecule has 0 fully saturated rings. The number of nitrogens with two attached hydrogens (primary N) is 1. The standard InChI is InChI=1S/C16H14N2S/c17-14-8-4-5-12(9-14)10-16-18-15(11-19-16)13-6-2-1-3-7-13/h1-9,11H,10,17H2. The molecule has 0 unspecified atom stereocenters. The maximum atomic E-state index is 5.79. The van der Waals surface area contributed by atoms with Gasteiger partial charge in [0.2, 0.25) is 0 Å². The highest BCUT2D eigenvalue weighted by Crippen LogP contribution is 2.23. The van der Waals surface area contributed by atoms with Gasteiger partial charge in [0, 0.05) is 23.1 Å². The molecule has 94 valence electrons. The Morgan fingerprint density at radius 3 is 2.63 bits per heavy atom. The predicted molar refractivity (Wildman–Crippen MR) is 81.2 cm³/mol. The van der Waals surface area contributed by atoms with Gasteiger partial charge in [-0.15, -0.1) is 11.3 Å². The summed E-state index contributed by atoms with van der Waals surface area (Å²) in [5, 5.41) is 3.22. The zero-order chi connectivity index (χ0) is 13.1. The predicted octanol–water partition coefficient (Wildman–Crippen LogP) is 3.98. The Bertz CT molecular complexity index is 674. The molecule has 0 aliphatic heterocycles. The number of aromatic nitrogens is 1. The Hall–Kier alpha value is -2.13. The van der Waals surface area contributed by atoms with Crippen LogP contribution in [0.25, 0.3) is 11.3 Å². The van der Waals surface area contributed by atoms with E-state index in [9.17, 15) is 0 Å². The Morgan fingerprint density at radius 2 is 1.84 bits per heavy atom. The van der Waals surface area contributed by atoms with E-state index in [0.29, 0.717) is 0 Å². The van der Waals surface area contributed by atoms with Crippen LogP contribution in [0.2, 0.25) is 0 Å². The average Bonchev–Trinajstić information content (AvgIpc) is 2.88. The monoisotopic (exact) mass is 266 g/mol. The van der Waals surface area contributed by atoms with Gasteiger partial charge in [-0.2, -0.15) is 0 Å². The van der Waals surface area contributed by atoms with Crippen molar-refractivity contribution < 1.29 is 0 Å². The van der Waals surface area contributed by atoms with Crippen molar-refractivity contribution >= 4 is 17.0 Å². The summed E-state index contributed by atoms with van der Waals surface area (Å²) >= 11 is 1.69. The Kier molecular flexibility index (Phi) is 3.29. The molecule has 0 radical (unpaired) electrons. The molecule has 0 atom stereocenters. The first-order valence-electron chi connectivity index (χ1n) is 6.15. The van der Waals surface area contributed by atoms with Crippen LogP contribution in [-0.4, -0.2) is 4.98 Å². The van der Waals surface area contributed by atoms with E-state index in [1.165, 1.54) is 5.56 Å². The molecule has 3 aromatic rings. The summed E-state index contributed by atoms with van der Waals surface area (Å²) in [7, 11) is 0. The molecule has 2 N–H and O–H groups in total. The highest BCUT2D eigenvalue weighted by Gasteiger charge is 2.05. The number of rotatable bonds is 3. The SMILES string of the molecule is Nc1cccc(Cc2nc(-c3ccccc3)cs2)c1. The molecule has 0 saturated carbocycles. The van der Waals surface area contributed by atoms with Gasteiger partial charge in [0.15, 0.2) is 0 Å². The van der Waals surface area contributed by atoms with E-state index in [1.807, 2.05) is 36.4 Å². The van der Waals surface area contributed by atoms with Gasteiger partial charge in [-0.05, 0) is 17.7 Å². The third-order valence-electron chi connectivity index (χ3n) is 2.93. The molecule has 0 aliphatic carbocycles. The van der Waals surface area contributed by atoms with Crippen LogP contribution >= 0.6 is 11.3 Å². The molecular weight excluding hydrogens is 252 g/mol. The van der Waals surface area contributed by atoms with E-state index in [2.05, 4.69) is 28.6 Å². The lowest BCUT2D eigenvalue weighted by Crippen LogP contribution is -1.90. The van der Waals surface area contributed by atoms with Gasteiger partial charge < -0.3 is 5.73 Å². The van der Waals surface area contributed by atoms with Crippen LogP contribution in [0.4, 0.5) is 5.69 Å². The number of anilines is 1. The fourth-order valence-corrected chi connectivity index (χ4v) is 2.85. The van der Waals surface area contributed by atoms with E-state index in [-0.39, 0.29) is 0 Å². The molecule has 0 amide bonds. The fraction of sp³-hybridized carbons (Fsp3) is 0.0625. The smallest absolute Gasteiger partial charge is 0.0976 e. The van der Waals surface area contributed by atoms with Crippen molar-refractivity contribution in [1.82, 2.24) is 4.98 Å². The van der Waals surface area contributed by atoms with Crippen LogP contribution in [0.5, 0.6) is 0 Å². The van der Waals surface area contributed by atoms with Crippen LogP contribution < -0.4 is 5.73 Å². The first-order chi connectivity index (χ1) is 9.31. The van der Waals surface area contributed by atoms with Crippen LogP contribution in [0, 0.1) is 0 Å². The quantitative estimate of drug-likeness (QED) is 0.728. The summed E-state index contributed by atoms with van der Waals surface area (Å²) in [4.78, 5) is 4.68. The van der Waals surface area contributed by atoms with E-state index in [1.54, 1.807) is 11.3 Å². The largest absolute Gasteiger partial charge is 0.399 e. The number of nitrogen functional groups attached to an aromatic ring is 1. The molecule has 2 aromatic carbocycles. The summed E-state index contributed by atoms with van der Waals surface area (Å²) in [6, 6.07) is 18.2. The Morgan fingerprint density at radius 1 is 1.00 bits per heavy atom. The fourth-order valence-electron chi connectivity index (χ4n) is 2.01. The molecule has 1 aromatic heterocycles. The normalized spacial score (nSPS) is 10.5. The minimum Gasteiger partial charge on any atom is -0.399 e. The van der Waals surface area contributed by atoms with Crippen LogP contribution in [0.3, 0.4) is 0 Å². The van der Waals surface area contributed by atoms with Crippen LogP contribution in [-0.2, 0) is 6.42 Å². The number of benzene rings is 2. The summed E-state index contributed by atoms with van der Waals surface area (Å²) in [5.41, 5.74) is 10.0. The lowest BCUT2D eigenvalue weighted by atomic mass is 10.1. The topological polar surface area (TPSA) is 38.9 Å². The van der Waals surface area contributed by atoms with Gasteiger partial charge in [-0.1, -0.05) is 42.5 Å². The number of hydrogen-bond acceptors (Lipinski definition) is 3. The van der Waals surface area contributed by atoms with Crippen molar-refractivity contribution in [2.24, 2.45) is 0 Å². The maximum absolute atomic E-state index is 5.79. The molecule has 0 aliphatic rings. The maximum Gasteiger partial charge on any atom is 0.0976 e. The molecule has 1 heterocycles. The second kappa shape index (κ2) is 5.24. The summed E-state index contributed by atoms with van der Waals surface area (Å²) in [6.07, 6.45) is 0.836. The van der Waals surface area contributed by atoms with Crippen LogP contribution in [0.15, 0.2) is 60.0 Å². The second-order valence-corrected chi connectivity index (χ2v) is 5.36. The van der Waals surface area contributed by atoms with Gasteiger partial charge in [0.1, 0.15) is 0 Å². The molecule has 3 rings (SSSR count). The lowest BCUT2D eigenvalue weighted by Gasteiger charge is -1.99. The number of thiazole rings is 1. The van der Waals surface area contributed by atoms with E-state index in [4.69, 9.17) is 5.73 Å². The summed E-state index contributed by atoms with van der Waals surface area (Å²) in [6.45, 7) is 0. The first-order valence-corrected chi connectivity index (χ1v) is 7.03. The first kappa shape index (κ1) is 11.9. The van der Waals surface area contributed by atoms with Gasteiger partial charge >= 0.3 is 0 Å². The summed E-state index contributed by atoms with van der Waals surface area (Å²) in [5.74, 6) is 0. The van der Waals surface area contributed by atoms with Gasteiger partial charge in [-0.3, -0.25) is 0 Å². The van der Waals surface area contributed by atoms with Crippen molar-refractivity contribution in [3.63, 3.8) is 0 Å². The van der Waals surface area contributed by atoms with Crippen molar-refractivity contribution in [2.75, 3.05) is 5.73 Å². The zero-order valence-corrected chi connectivity index (χ0v) is 11.2. The van der Waals surface area contributed by atoms with Crippen LogP contribution in [0.1, 0.15) is 10.6 Å². The van der Waals surface area contributed by atoms with Crippen molar-refractivity contribution in [1.29, 1.82) is 0 Å². The van der Waals surface area contributed by atoms with Crippen molar-refractivity contribution in [2.45, 2.75) is 6.42 Å². The molecular formula is C16H14N2S. The highest BCUT2D eigenvalue weighted by atomic mass is 32.1. The minimum atomic E-state index is 0.803. The highest BCUT2D eigenvalue weighted by molar-refractivity contribution is 7.10. The minimum absolute atomic E-state index is 0.803. The van der Waals surface area contributed by atoms with E-state index < -0.39 is 0 Å². The molecule has 3 heteroatoms. The second-order valence-electron chi connectivity index (χ2n) is 4.41. The zero-order valence-electron chi connectivity index (χ0n) is 10.4. The third kappa shape index (κ3) is 2.83. The number of nitrogens with zero attached hydrogens (tertiary/aromatic N) is 1. The average molecular weight is 266 g/mol. The van der Waals surface area contributed by atoms with E-state index >= 15 is 0 Å². The number of hydrogen-bond donors (Lipinski definition) is 1. The molecule has 19 heavy (non-hydrogen) atoms. The van der Waals surface area contributed by atoms with Gasteiger partial charge in [-0.25, -0.2) is 4.98 Å². The van der Waals surface area contributed by atoms with Gasteiger partial charge in [0.25, 0.3) is 0 Å². The molecule has 0 spiro atoms. The Balaban J connectivity index is 1.82. The lowest BCUT2D eigenvalue weighted by molar-refractivity contribution is 1.14. The molecule has 0 saturated heterocycles. The van der Waals surface area contributed by atoms with E-state index in [0.717, 1.165) is 28.4 Å². The van der Waals surface area contributed by atoms with Gasteiger partial charge in [0.05, 0.1) is 10.7 Å². The molecule has 0 bridgehead atoms. The summed E-state index contributed by atoms with van der Waals surface area (Å²) < 4.78 is 0. The molecule has 2 nitrogen and oxygen atoms in total. The Labute approximate surface area is 116 Å². The van der Waals surface area contributed by atoms with Crippen molar-refractivity contribution in [3.8, 4) is 11.3 Å². The van der Waals surface area contributed by atoms with Crippen molar-refractivity contribution in [3.05, 3.63) is 70.5 Å². The third-order valence-corrected chi connectivity index (χ3v) is 3.78.